The number of alkyl halides is 2. The number of fused-ring (bicyclic) bond motifs is 1. The van der Waals surface area contributed by atoms with Gasteiger partial charge in [0.05, 0.1) is 18.5 Å². The fourth-order valence-corrected chi connectivity index (χ4v) is 3.57. The predicted molar refractivity (Wildman–Crippen MR) is 73.6 cm³/mol. The molecule has 2 aliphatic rings. The smallest absolute Gasteiger partial charge is 0.334 e. The molecule has 1 saturated carbocycles. The number of carbonyl (C=O) groups is 1. The minimum absolute atomic E-state index is 0.0161. The van der Waals surface area contributed by atoms with Gasteiger partial charge in [-0.25, -0.2) is 18.0 Å². The molecule has 0 bridgehead atoms. The molecule has 0 N–H and O–H groups in total. The molecule has 1 heterocycles. The fourth-order valence-electron chi connectivity index (χ4n) is 3.57. The topological polar surface area (TPSA) is 39.2 Å². The molecule has 3 nitrogen and oxygen atoms in total. The third-order valence-corrected chi connectivity index (χ3v) is 4.67. The standard InChI is InChI=1S/C16H16F3NO2/c1-8-12(17)3-4-13(20-8)14-9-5-6-16(18,19)11(9)7-10(14)15(21)22-2/h3-4,9,11H,5-7H2,1-2H3/t9-,11-/m1/s1. The van der Waals surface area contributed by atoms with Crippen LogP contribution in [0.2, 0.25) is 0 Å². The maximum atomic E-state index is 14.0. The van der Waals surface area contributed by atoms with Crippen molar-refractivity contribution >= 4 is 11.5 Å². The molecule has 0 aliphatic heterocycles. The van der Waals surface area contributed by atoms with Gasteiger partial charge in [-0.3, -0.25) is 4.98 Å². The van der Waals surface area contributed by atoms with Crippen molar-refractivity contribution in [1.82, 2.24) is 4.98 Å². The molecular weight excluding hydrogens is 295 g/mol. The summed E-state index contributed by atoms with van der Waals surface area (Å²) >= 11 is 0. The van der Waals surface area contributed by atoms with Crippen molar-refractivity contribution in [2.45, 2.75) is 32.1 Å². The third kappa shape index (κ3) is 2.21. The Morgan fingerprint density at radius 2 is 2.14 bits per heavy atom. The molecule has 0 spiro atoms. The van der Waals surface area contributed by atoms with Gasteiger partial charge in [0, 0.05) is 17.9 Å². The van der Waals surface area contributed by atoms with E-state index in [1.807, 2.05) is 0 Å². The van der Waals surface area contributed by atoms with Crippen LogP contribution < -0.4 is 0 Å². The van der Waals surface area contributed by atoms with Crippen molar-refractivity contribution in [3.63, 3.8) is 0 Å². The molecular formula is C16H16F3NO2. The van der Waals surface area contributed by atoms with Gasteiger partial charge in [0.2, 0.25) is 0 Å². The highest BCUT2D eigenvalue weighted by Crippen LogP contribution is 2.57. The Hall–Kier alpha value is -1.85. The van der Waals surface area contributed by atoms with E-state index in [-0.39, 0.29) is 24.1 Å². The highest BCUT2D eigenvalue weighted by atomic mass is 19.3. The number of halogens is 3. The van der Waals surface area contributed by atoms with E-state index in [0.717, 1.165) is 0 Å². The maximum Gasteiger partial charge on any atom is 0.334 e. The fraction of sp³-hybridized carbons (Fsp3) is 0.500. The Morgan fingerprint density at radius 1 is 1.41 bits per heavy atom. The quantitative estimate of drug-likeness (QED) is 0.785. The summed E-state index contributed by atoms with van der Waals surface area (Å²) in [5.74, 6) is -5.19. The first-order valence-corrected chi connectivity index (χ1v) is 7.18. The number of methoxy groups -OCH3 is 1. The van der Waals surface area contributed by atoms with Crippen LogP contribution in [0.1, 0.15) is 30.7 Å². The lowest BCUT2D eigenvalue weighted by Gasteiger charge is -2.18. The van der Waals surface area contributed by atoms with E-state index in [2.05, 4.69) is 4.98 Å². The molecule has 6 heteroatoms. The van der Waals surface area contributed by atoms with E-state index in [9.17, 15) is 18.0 Å². The van der Waals surface area contributed by atoms with Gasteiger partial charge in [-0.05, 0) is 43.4 Å². The third-order valence-electron chi connectivity index (χ3n) is 4.67. The zero-order chi connectivity index (χ0) is 16.1. The maximum absolute atomic E-state index is 14.0. The number of hydrogen-bond donors (Lipinski definition) is 0. The summed E-state index contributed by atoms with van der Waals surface area (Å²) in [6, 6.07) is 2.69. The molecule has 0 radical (unpaired) electrons. The lowest BCUT2D eigenvalue weighted by molar-refractivity contribution is -0.136. The van der Waals surface area contributed by atoms with E-state index in [0.29, 0.717) is 17.7 Å². The van der Waals surface area contributed by atoms with Crippen LogP contribution >= 0.6 is 0 Å². The van der Waals surface area contributed by atoms with Gasteiger partial charge < -0.3 is 4.74 Å². The monoisotopic (exact) mass is 311 g/mol. The van der Waals surface area contributed by atoms with Gasteiger partial charge in [0.1, 0.15) is 5.82 Å². The van der Waals surface area contributed by atoms with Crippen LogP contribution in [0.15, 0.2) is 17.7 Å². The van der Waals surface area contributed by atoms with Crippen LogP contribution in [0.4, 0.5) is 13.2 Å². The van der Waals surface area contributed by atoms with E-state index >= 15 is 0 Å². The Kier molecular flexibility index (Phi) is 3.50. The van der Waals surface area contributed by atoms with E-state index in [1.165, 1.54) is 26.2 Å². The molecule has 1 aromatic rings. The molecule has 2 atom stereocenters. The van der Waals surface area contributed by atoms with Gasteiger partial charge in [0.25, 0.3) is 5.92 Å². The first-order valence-electron chi connectivity index (χ1n) is 7.18. The second kappa shape index (κ2) is 5.11. The number of nitrogens with zero attached hydrogens (tertiary/aromatic N) is 1. The molecule has 0 saturated heterocycles. The molecule has 1 aromatic heterocycles. The zero-order valence-corrected chi connectivity index (χ0v) is 12.3. The van der Waals surface area contributed by atoms with Gasteiger partial charge in [0.15, 0.2) is 0 Å². The molecule has 2 aliphatic carbocycles. The van der Waals surface area contributed by atoms with Crippen molar-refractivity contribution in [3.05, 3.63) is 34.9 Å². The van der Waals surface area contributed by atoms with Crippen LogP contribution in [-0.4, -0.2) is 24.0 Å². The summed E-state index contributed by atoms with van der Waals surface area (Å²) < 4.78 is 46.2. The Morgan fingerprint density at radius 3 is 2.77 bits per heavy atom. The van der Waals surface area contributed by atoms with Crippen molar-refractivity contribution in [3.8, 4) is 0 Å². The van der Waals surface area contributed by atoms with Crippen molar-refractivity contribution in [2.24, 2.45) is 11.8 Å². The first-order chi connectivity index (χ1) is 10.3. The highest BCUT2D eigenvalue weighted by Gasteiger charge is 2.56. The zero-order valence-electron chi connectivity index (χ0n) is 12.3. The van der Waals surface area contributed by atoms with Crippen LogP contribution in [0.5, 0.6) is 0 Å². The average Bonchev–Trinajstić information content (AvgIpc) is 2.99. The molecule has 0 aromatic carbocycles. The predicted octanol–water partition coefficient (Wildman–Crippen LogP) is 3.52. The minimum Gasteiger partial charge on any atom is -0.466 e. The number of carbonyl (C=O) groups excluding carboxylic acids is 1. The molecule has 118 valence electrons. The Bertz CT molecular complexity index is 669. The Labute approximate surface area is 126 Å². The summed E-state index contributed by atoms with van der Waals surface area (Å²) in [6.07, 6.45) is 0.0871. The number of aromatic nitrogens is 1. The number of hydrogen-bond acceptors (Lipinski definition) is 3. The normalized spacial score (nSPS) is 26.2. The van der Waals surface area contributed by atoms with E-state index in [4.69, 9.17) is 4.74 Å². The Balaban J connectivity index is 2.10. The van der Waals surface area contributed by atoms with Crippen LogP contribution in [0.25, 0.3) is 5.57 Å². The summed E-state index contributed by atoms with van der Waals surface area (Å²) in [4.78, 5) is 16.1. The van der Waals surface area contributed by atoms with Crippen molar-refractivity contribution in [1.29, 1.82) is 0 Å². The largest absolute Gasteiger partial charge is 0.466 e. The molecule has 1 fully saturated rings. The van der Waals surface area contributed by atoms with Gasteiger partial charge in [-0.2, -0.15) is 0 Å². The van der Waals surface area contributed by atoms with E-state index < -0.39 is 29.5 Å². The number of esters is 1. The second-order valence-corrected chi connectivity index (χ2v) is 5.86. The van der Waals surface area contributed by atoms with Crippen LogP contribution in [-0.2, 0) is 9.53 Å². The average molecular weight is 311 g/mol. The minimum atomic E-state index is -2.79. The van der Waals surface area contributed by atoms with E-state index in [1.54, 1.807) is 0 Å². The van der Waals surface area contributed by atoms with Gasteiger partial charge >= 0.3 is 5.97 Å². The summed E-state index contributed by atoms with van der Waals surface area (Å²) in [5.41, 5.74) is 1.32. The molecule has 3 rings (SSSR count). The van der Waals surface area contributed by atoms with Gasteiger partial charge in [-0.15, -0.1) is 0 Å². The number of ether oxygens (including phenoxy) is 1. The van der Waals surface area contributed by atoms with Crippen LogP contribution in [0.3, 0.4) is 0 Å². The van der Waals surface area contributed by atoms with Gasteiger partial charge in [-0.1, -0.05) is 0 Å². The lowest BCUT2D eigenvalue weighted by atomic mass is 9.91. The summed E-state index contributed by atoms with van der Waals surface area (Å²) in [7, 11) is 1.22. The summed E-state index contributed by atoms with van der Waals surface area (Å²) in [5, 5.41) is 0. The second-order valence-electron chi connectivity index (χ2n) is 5.86. The van der Waals surface area contributed by atoms with Crippen molar-refractivity contribution < 1.29 is 22.7 Å². The number of aryl methyl sites for hydroxylation is 1. The van der Waals surface area contributed by atoms with Crippen LogP contribution in [0, 0.1) is 24.6 Å². The molecule has 0 amide bonds. The molecule has 22 heavy (non-hydrogen) atoms. The number of pyridine rings is 1. The van der Waals surface area contributed by atoms with Crippen molar-refractivity contribution in [2.75, 3.05) is 7.11 Å². The lowest BCUT2D eigenvalue weighted by Crippen LogP contribution is -2.23. The number of allylic oxidation sites excluding steroid dienone is 1. The first kappa shape index (κ1) is 15.1. The SMILES string of the molecule is COC(=O)C1=C(c2ccc(F)c(C)n2)[C@@H]2CCC(F)(F)[C@@H]2C1. The summed E-state index contributed by atoms with van der Waals surface area (Å²) in [6.45, 7) is 1.51. The highest BCUT2D eigenvalue weighted by molar-refractivity contribution is 5.99. The number of rotatable bonds is 2. The molecule has 0 unspecified atom stereocenters.